The van der Waals surface area contributed by atoms with E-state index in [1.807, 2.05) is 12.1 Å². The Kier molecular flexibility index (Phi) is 9.29. The molecule has 3 amide bonds. The van der Waals surface area contributed by atoms with Gasteiger partial charge in [0.25, 0.3) is 11.9 Å². The number of rotatable bonds is 6. The number of carbonyl (C=O) groups excluding carboxylic acids is 3. The Balaban J connectivity index is 1.59. The average molecular weight is 547 g/mol. The Morgan fingerprint density at radius 2 is 1.77 bits per heavy atom. The van der Waals surface area contributed by atoms with Crippen LogP contribution in [0, 0.1) is 5.41 Å². The molecule has 2 aliphatic carbocycles. The standard InChI is InChI=1S/C28H28N6O4S/c29-27(33-30)32-26(36)21-8-6-18(7-9-21)17-34(28(37)31-22-12-15-24(35)25(16-22)39-38)23-13-10-20(11-14-23)19-4-2-1-3-5-19/h6-16,19,30,38H,1-5,17H2,(H2,29,32,36)/p+2. The van der Waals surface area contributed by atoms with Crippen LogP contribution in [0.5, 0.6) is 0 Å². The second-order valence-electron chi connectivity index (χ2n) is 9.32. The number of amides is 3. The van der Waals surface area contributed by atoms with E-state index in [0.717, 1.165) is 5.56 Å². The molecular formula is C28H30N6O4S+2. The van der Waals surface area contributed by atoms with Crippen molar-refractivity contribution in [3.05, 3.63) is 88.4 Å². The fourth-order valence-corrected chi connectivity index (χ4v) is 4.98. The summed E-state index contributed by atoms with van der Waals surface area (Å²) < 4.78 is 9.36. The third-order valence-corrected chi connectivity index (χ3v) is 7.25. The molecule has 1 saturated carbocycles. The molecule has 2 aliphatic rings. The molecule has 2 aromatic rings. The van der Waals surface area contributed by atoms with Crippen molar-refractivity contribution in [3.63, 3.8) is 0 Å². The quantitative estimate of drug-likeness (QED) is 0.123. The second-order valence-corrected chi connectivity index (χ2v) is 9.95. The zero-order valence-corrected chi connectivity index (χ0v) is 22.0. The number of benzene rings is 2. The number of hydrogen-bond donors (Lipinski definition) is 5. The lowest BCUT2D eigenvalue weighted by Gasteiger charge is -2.22. The van der Waals surface area contributed by atoms with E-state index in [2.05, 4.69) is 27.6 Å². The molecule has 0 aliphatic heterocycles. The minimum atomic E-state index is -0.520. The van der Waals surface area contributed by atoms with E-state index < -0.39 is 17.9 Å². The van der Waals surface area contributed by atoms with Crippen LogP contribution in [-0.4, -0.2) is 33.9 Å². The molecule has 0 unspecified atom stereocenters. The van der Waals surface area contributed by atoms with Crippen LogP contribution in [0.1, 0.15) is 59.5 Å². The summed E-state index contributed by atoms with van der Waals surface area (Å²) in [5.41, 5.74) is 8.40. The van der Waals surface area contributed by atoms with Crippen molar-refractivity contribution in [3.8, 4) is 0 Å². The van der Waals surface area contributed by atoms with Crippen LogP contribution >= 0.6 is 12.0 Å². The van der Waals surface area contributed by atoms with E-state index in [1.54, 1.807) is 29.2 Å². The Morgan fingerprint density at radius 3 is 2.41 bits per heavy atom. The van der Waals surface area contributed by atoms with Crippen LogP contribution in [0.2, 0.25) is 0 Å². The van der Waals surface area contributed by atoms with Crippen molar-refractivity contribution in [2.45, 2.75) is 44.6 Å². The van der Waals surface area contributed by atoms with Gasteiger partial charge in [0.15, 0.2) is 5.78 Å². The number of guanidine groups is 1. The maximum absolute atomic E-state index is 13.5. The molecule has 0 atom stereocenters. The summed E-state index contributed by atoms with van der Waals surface area (Å²) in [7, 11) is 0. The maximum Gasteiger partial charge on any atom is 0.496 e. The van der Waals surface area contributed by atoms with Gasteiger partial charge in [0.2, 0.25) is 0 Å². The van der Waals surface area contributed by atoms with Gasteiger partial charge in [0, 0.05) is 28.8 Å². The third-order valence-electron chi connectivity index (χ3n) is 6.74. The third kappa shape index (κ3) is 7.21. The summed E-state index contributed by atoms with van der Waals surface area (Å²) in [6, 6.07) is 14.2. The first-order valence-electron chi connectivity index (χ1n) is 12.6. The monoisotopic (exact) mass is 546 g/mol. The number of nitrogens with one attached hydrogen (secondary N) is 3. The summed E-state index contributed by atoms with van der Waals surface area (Å²) in [6.45, 7) is 0.200. The Morgan fingerprint density at radius 1 is 1.08 bits per heavy atom. The van der Waals surface area contributed by atoms with Gasteiger partial charge in [0.1, 0.15) is 17.9 Å². The van der Waals surface area contributed by atoms with Crippen molar-refractivity contribution >= 4 is 47.1 Å². The molecule has 6 N–H and O–H groups in total. The van der Waals surface area contributed by atoms with Gasteiger partial charge >= 0.3 is 6.03 Å². The maximum atomic E-state index is 13.5. The summed E-state index contributed by atoms with van der Waals surface area (Å²) in [4.78, 5) is 42.0. The molecule has 200 valence electrons. The number of nitrogens with two attached hydrogens (primary N) is 1. The van der Waals surface area contributed by atoms with Crippen molar-refractivity contribution in [1.82, 2.24) is 5.32 Å². The Hall–Kier alpha value is -4.22. The lowest BCUT2D eigenvalue weighted by atomic mass is 9.84. The van der Waals surface area contributed by atoms with E-state index in [0.29, 0.717) is 34.9 Å². The molecule has 10 nitrogen and oxygen atoms in total. The normalized spacial score (nSPS) is 16.5. The summed E-state index contributed by atoms with van der Waals surface area (Å²) in [5.74, 6) is -0.776. The van der Waals surface area contributed by atoms with E-state index in [1.165, 1.54) is 55.9 Å². The van der Waals surface area contributed by atoms with Gasteiger partial charge < -0.3 is 4.55 Å². The van der Waals surface area contributed by atoms with Gasteiger partial charge in [-0.3, -0.25) is 20.3 Å². The predicted octanol–water partition coefficient (Wildman–Crippen LogP) is 2.49. The molecule has 2 aromatic carbocycles. The molecule has 0 bridgehead atoms. The lowest BCUT2D eigenvalue weighted by Crippen LogP contribution is -2.80. The Bertz CT molecular complexity index is 1360. The SMILES string of the molecule is N=C(N=[NH2+])NC(=O)c1ccc(CN(C(=O)[NH+]=C2C=CC(=O)C(SO)=C2)c2ccc(C3CCCCC3)cc2)cc1. The van der Waals surface area contributed by atoms with Gasteiger partial charge in [-0.25, -0.2) is 4.99 Å². The highest BCUT2D eigenvalue weighted by Crippen LogP contribution is 2.33. The highest BCUT2D eigenvalue weighted by molar-refractivity contribution is 7.98. The van der Waals surface area contributed by atoms with Crippen LogP contribution in [0.4, 0.5) is 10.5 Å². The molecule has 0 spiro atoms. The van der Waals surface area contributed by atoms with E-state index in [4.69, 9.17) is 10.9 Å². The molecule has 0 heterocycles. The first-order chi connectivity index (χ1) is 18.9. The van der Waals surface area contributed by atoms with Crippen LogP contribution in [-0.2, 0) is 11.3 Å². The van der Waals surface area contributed by atoms with Crippen LogP contribution in [0.25, 0.3) is 0 Å². The minimum absolute atomic E-state index is 0.112. The molecule has 4 rings (SSSR count). The molecule has 0 radical (unpaired) electrons. The molecule has 39 heavy (non-hydrogen) atoms. The Labute approximate surface area is 230 Å². The van der Waals surface area contributed by atoms with Crippen molar-refractivity contribution in [1.29, 1.82) is 5.41 Å². The molecule has 0 aromatic heterocycles. The van der Waals surface area contributed by atoms with Crippen molar-refractivity contribution in [2.75, 3.05) is 4.90 Å². The molecule has 0 saturated heterocycles. The number of ketones is 1. The van der Waals surface area contributed by atoms with Gasteiger partial charge in [0.05, 0.1) is 4.91 Å². The zero-order chi connectivity index (χ0) is 27.8. The average Bonchev–Trinajstić information content (AvgIpc) is 2.97. The number of carbonyl (C=O) groups is 3. The molecule has 11 heteroatoms. The van der Waals surface area contributed by atoms with E-state index in [9.17, 15) is 18.9 Å². The largest absolute Gasteiger partial charge is 0.496 e. The number of nitrogens with zero attached hydrogens (tertiary/aromatic N) is 2. The zero-order valence-electron chi connectivity index (χ0n) is 21.2. The summed E-state index contributed by atoms with van der Waals surface area (Å²) in [5, 5.41) is 12.8. The minimum Gasteiger partial charge on any atom is -0.325 e. The second kappa shape index (κ2) is 13.0. The fourth-order valence-electron chi connectivity index (χ4n) is 4.65. The van der Waals surface area contributed by atoms with Crippen LogP contribution < -0.4 is 20.7 Å². The van der Waals surface area contributed by atoms with Crippen LogP contribution in [0.15, 0.2) is 76.8 Å². The van der Waals surface area contributed by atoms with Crippen molar-refractivity contribution < 1.29 is 29.5 Å². The van der Waals surface area contributed by atoms with Crippen molar-refractivity contribution in [2.24, 2.45) is 5.11 Å². The summed E-state index contributed by atoms with van der Waals surface area (Å²) in [6.07, 6.45) is 10.3. The van der Waals surface area contributed by atoms with E-state index in [-0.39, 0.29) is 17.2 Å². The topological polar surface area (TPSA) is 162 Å². The predicted molar refractivity (Wildman–Crippen MR) is 148 cm³/mol. The fraction of sp³-hybridized carbons (Fsp3) is 0.250. The smallest absolute Gasteiger partial charge is 0.325 e. The molecular weight excluding hydrogens is 516 g/mol. The summed E-state index contributed by atoms with van der Waals surface area (Å²) >= 11 is 0.332. The number of allylic oxidation sites excluding steroid dienone is 4. The number of hydrogen-bond acceptors (Lipinski definition) is 6. The van der Waals surface area contributed by atoms with E-state index >= 15 is 0 Å². The highest BCUT2D eigenvalue weighted by atomic mass is 32.2. The number of anilines is 1. The molecule has 1 fully saturated rings. The first kappa shape index (κ1) is 27.8. The van der Waals surface area contributed by atoms with Gasteiger partial charge in [-0.05, 0) is 66.3 Å². The van der Waals surface area contributed by atoms with Crippen LogP contribution in [0.3, 0.4) is 0 Å². The van der Waals surface area contributed by atoms with Gasteiger partial charge in [-0.1, -0.05) is 43.5 Å². The van der Waals surface area contributed by atoms with Gasteiger partial charge in [-0.15, -0.1) is 5.53 Å². The highest BCUT2D eigenvalue weighted by Gasteiger charge is 2.26. The first-order valence-corrected chi connectivity index (χ1v) is 13.4. The van der Waals surface area contributed by atoms with Gasteiger partial charge in [-0.2, -0.15) is 9.69 Å². The number of urea groups is 1. The lowest BCUT2D eigenvalue weighted by molar-refractivity contribution is -0.338.